The molecule has 0 heterocycles. The average Bonchev–Trinajstić information content (AvgIpc) is 3.46. The second kappa shape index (κ2) is 69.6. The van der Waals surface area contributed by atoms with E-state index >= 15 is 0 Å². The normalized spacial score (nSPS) is 12.4. The molecule has 0 aromatic heterocycles. The first kappa shape index (κ1) is 78.1. The van der Waals surface area contributed by atoms with Gasteiger partial charge in [0.05, 0.1) is 0 Å². The molecule has 0 N–H and O–H groups in total. The zero-order valence-electron chi connectivity index (χ0n) is 54.3. The Morgan fingerprint density at radius 2 is 0.481 bits per heavy atom. The summed E-state index contributed by atoms with van der Waals surface area (Å²) in [6, 6.07) is 0. The maximum absolute atomic E-state index is 12.9. The number of allylic oxidation sites excluding steroid dienone is 10. The van der Waals surface area contributed by atoms with Crippen molar-refractivity contribution in [1.82, 2.24) is 0 Å². The molecular weight excluding hydrogens is 997 g/mol. The van der Waals surface area contributed by atoms with Gasteiger partial charge in [0.1, 0.15) is 13.2 Å². The average molecular weight is 1130 g/mol. The number of hydrogen-bond acceptors (Lipinski definition) is 6. The molecule has 0 rings (SSSR count). The van der Waals surface area contributed by atoms with Crippen LogP contribution < -0.4 is 0 Å². The molecule has 0 aromatic rings. The highest BCUT2D eigenvalue weighted by Gasteiger charge is 2.19. The minimum absolute atomic E-state index is 0.0806. The van der Waals surface area contributed by atoms with Crippen molar-refractivity contribution in [3.05, 3.63) is 60.8 Å². The third-order valence-corrected chi connectivity index (χ3v) is 16.0. The Hall–Kier alpha value is -2.89. The molecular formula is C75H136O6. The van der Waals surface area contributed by atoms with Crippen LogP contribution in [0.3, 0.4) is 0 Å². The van der Waals surface area contributed by atoms with Crippen molar-refractivity contribution in [1.29, 1.82) is 0 Å². The number of hydrogen-bond donors (Lipinski definition) is 0. The molecule has 0 fully saturated rings. The second-order valence-corrected chi connectivity index (χ2v) is 24.1. The smallest absolute Gasteiger partial charge is 0.306 e. The zero-order valence-corrected chi connectivity index (χ0v) is 54.3. The number of unbranched alkanes of at least 4 members (excludes halogenated alkanes) is 45. The van der Waals surface area contributed by atoms with Crippen LogP contribution >= 0.6 is 0 Å². The molecule has 0 saturated carbocycles. The van der Waals surface area contributed by atoms with Crippen molar-refractivity contribution in [2.24, 2.45) is 0 Å². The van der Waals surface area contributed by atoms with Crippen molar-refractivity contribution in [3.8, 4) is 0 Å². The summed E-state index contributed by atoms with van der Waals surface area (Å²) in [5, 5.41) is 0. The first-order valence-corrected chi connectivity index (χ1v) is 35.8. The van der Waals surface area contributed by atoms with Crippen LogP contribution in [0.4, 0.5) is 0 Å². The van der Waals surface area contributed by atoms with Crippen LogP contribution in [0.2, 0.25) is 0 Å². The van der Waals surface area contributed by atoms with Gasteiger partial charge in [-0.15, -0.1) is 0 Å². The Balaban J connectivity index is 4.06. The molecule has 0 aliphatic heterocycles. The van der Waals surface area contributed by atoms with Crippen molar-refractivity contribution >= 4 is 17.9 Å². The molecule has 0 aromatic carbocycles. The molecule has 0 amide bonds. The summed E-state index contributed by atoms with van der Waals surface area (Å²) in [4.78, 5) is 38.3. The SMILES string of the molecule is CC/C=C\C/C=C\C/C=C\CCCCCCCC(=O)OC(COC(=O)CCCCCCC/C=C\CCCCCC)COC(=O)CCCCCCCCCCCCCCCCCCCCCCCCC/C=C\CCCCCCCCCC. The van der Waals surface area contributed by atoms with Gasteiger partial charge in [-0.2, -0.15) is 0 Å². The molecule has 1 atom stereocenters. The van der Waals surface area contributed by atoms with Gasteiger partial charge < -0.3 is 14.2 Å². The lowest BCUT2D eigenvalue weighted by Gasteiger charge is -2.18. The lowest BCUT2D eigenvalue weighted by atomic mass is 10.0. The number of esters is 3. The Kier molecular flexibility index (Phi) is 67.1. The first-order valence-electron chi connectivity index (χ1n) is 35.8. The first-order chi connectivity index (χ1) is 40.0. The Morgan fingerprint density at radius 1 is 0.259 bits per heavy atom. The number of ether oxygens (including phenoxy) is 3. The Bertz CT molecular complexity index is 1440. The summed E-state index contributed by atoms with van der Waals surface area (Å²) in [7, 11) is 0. The van der Waals surface area contributed by atoms with Crippen molar-refractivity contribution in [2.45, 2.75) is 386 Å². The van der Waals surface area contributed by atoms with Crippen LogP contribution in [-0.4, -0.2) is 37.2 Å². The third kappa shape index (κ3) is 67.8. The summed E-state index contributed by atoms with van der Waals surface area (Å²) < 4.78 is 16.9. The number of rotatable bonds is 66. The minimum atomic E-state index is -0.786. The van der Waals surface area contributed by atoms with E-state index in [-0.39, 0.29) is 31.1 Å². The van der Waals surface area contributed by atoms with Gasteiger partial charge in [0, 0.05) is 19.3 Å². The standard InChI is InChI=1S/C75H136O6/c1-4-7-10-13-16-19-22-25-27-28-29-30-31-32-33-34-35-36-37-38-39-40-41-42-43-44-45-46-48-50-53-56-59-62-65-68-74(77)80-71-72(70-79-73(76)67-64-61-58-55-52-49-24-21-18-15-12-9-6-3)81-75(78)69-66-63-60-57-54-51-47-26-23-20-17-14-11-8-5-2/h8,11,17,20-21,24,26,28-29,47,72H,4-7,9-10,12-16,18-19,22-23,25,27,30-46,48-71H2,1-3H3/b11-8-,20-17-,24-21-,29-28-,47-26-. The van der Waals surface area contributed by atoms with Crippen LogP contribution in [0, 0.1) is 0 Å². The van der Waals surface area contributed by atoms with E-state index in [1.54, 1.807) is 0 Å². The molecule has 0 aliphatic carbocycles. The molecule has 1 unspecified atom stereocenters. The fourth-order valence-corrected chi connectivity index (χ4v) is 10.6. The number of carbonyl (C=O) groups excluding carboxylic acids is 3. The summed E-state index contributed by atoms with van der Waals surface area (Å²) >= 11 is 0. The van der Waals surface area contributed by atoms with E-state index in [4.69, 9.17) is 14.2 Å². The fraction of sp³-hybridized carbons (Fsp3) is 0.827. The summed E-state index contributed by atoms with van der Waals surface area (Å²) in [5.41, 5.74) is 0. The lowest BCUT2D eigenvalue weighted by Crippen LogP contribution is -2.30. The fourth-order valence-electron chi connectivity index (χ4n) is 10.6. The maximum Gasteiger partial charge on any atom is 0.306 e. The lowest BCUT2D eigenvalue weighted by molar-refractivity contribution is -0.167. The van der Waals surface area contributed by atoms with Gasteiger partial charge in [0.15, 0.2) is 6.10 Å². The van der Waals surface area contributed by atoms with E-state index in [1.165, 1.54) is 238 Å². The molecule has 6 heteroatoms. The summed E-state index contributed by atoms with van der Waals surface area (Å²) in [5.74, 6) is -0.888. The predicted octanol–water partition coefficient (Wildman–Crippen LogP) is 24.7. The van der Waals surface area contributed by atoms with Crippen LogP contribution in [-0.2, 0) is 28.6 Å². The predicted molar refractivity (Wildman–Crippen MR) is 353 cm³/mol. The molecule has 0 radical (unpaired) electrons. The van der Waals surface area contributed by atoms with Crippen LogP contribution in [0.1, 0.15) is 380 Å². The van der Waals surface area contributed by atoms with E-state index in [1.807, 2.05) is 0 Å². The maximum atomic E-state index is 12.9. The van der Waals surface area contributed by atoms with Gasteiger partial charge in [0.2, 0.25) is 0 Å². The zero-order chi connectivity index (χ0) is 58.5. The van der Waals surface area contributed by atoms with Gasteiger partial charge in [-0.25, -0.2) is 0 Å². The van der Waals surface area contributed by atoms with E-state index in [2.05, 4.69) is 81.5 Å². The van der Waals surface area contributed by atoms with Crippen LogP contribution in [0.5, 0.6) is 0 Å². The van der Waals surface area contributed by atoms with Gasteiger partial charge >= 0.3 is 17.9 Å². The van der Waals surface area contributed by atoms with E-state index in [9.17, 15) is 14.4 Å². The molecule has 472 valence electrons. The molecule has 0 saturated heterocycles. The topological polar surface area (TPSA) is 78.9 Å². The quantitative estimate of drug-likeness (QED) is 0.0261. The van der Waals surface area contributed by atoms with Gasteiger partial charge in [-0.05, 0) is 103 Å². The van der Waals surface area contributed by atoms with Crippen molar-refractivity contribution in [3.63, 3.8) is 0 Å². The monoisotopic (exact) mass is 1130 g/mol. The molecule has 6 nitrogen and oxygen atoms in total. The number of carbonyl (C=O) groups is 3. The van der Waals surface area contributed by atoms with Crippen LogP contribution in [0.25, 0.3) is 0 Å². The molecule has 0 aliphatic rings. The second-order valence-electron chi connectivity index (χ2n) is 24.1. The molecule has 81 heavy (non-hydrogen) atoms. The highest BCUT2D eigenvalue weighted by Crippen LogP contribution is 2.18. The Morgan fingerprint density at radius 3 is 0.778 bits per heavy atom. The van der Waals surface area contributed by atoms with Crippen LogP contribution in [0.15, 0.2) is 60.8 Å². The highest BCUT2D eigenvalue weighted by atomic mass is 16.6. The molecule has 0 bridgehead atoms. The van der Waals surface area contributed by atoms with Gasteiger partial charge in [-0.3, -0.25) is 14.4 Å². The van der Waals surface area contributed by atoms with E-state index in [0.29, 0.717) is 19.3 Å². The molecule has 0 spiro atoms. The third-order valence-electron chi connectivity index (χ3n) is 16.0. The van der Waals surface area contributed by atoms with E-state index in [0.717, 1.165) is 103 Å². The Labute approximate surface area is 504 Å². The van der Waals surface area contributed by atoms with Gasteiger partial charge in [-0.1, -0.05) is 319 Å². The van der Waals surface area contributed by atoms with Gasteiger partial charge in [0.25, 0.3) is 0 Å². The summed E-state index contributed by atoms with van der Waals surface area (Å²) in [6.45, 7) is 6.54. The minimum Gasteiger partial charge on any atom is -0.462 e. The van der Waals surface area contributed by atoms with Crippen molar-refractivity contribution < 1.29 is 28.6 Å². The largest absolute Gasteiger partial charge is 0.462 e. The summed E-state index contributed by atoms with van der Waals surface area (Å²) in [6.07, 6.45) is 90.0. The highest BCUT2D eigenvalue weighted by molar-refractivity contribution is 5.71. The van der Waals surface area contributed by atoms with E-state index < -0.39 is 6.10 Å². The van der Waals surface area contributed by atoms with Crippen molar-refractivity contribution in [2.75, 3.05) is 13.2 Å².